The third kappa shape index (κ3) is 4.78. The normalized spacial score (nSPS) is 16.6. The largest absolute Gasteiger partial charge is 0.351 e. The summed E-state index contributed by atoms with van der Waals surface area (Å²) in [5.74, 6) is 0.920. The molecule has 1 amide bonds. The summed E-state index contributed by atoms with van der Waals surface area (Å²) >= 11 is 0. The summed E-state index contributed by atoms with van der Waals surface area (Å²) in [5.41, 5.74) is 4.02. The van der Waals surface area contributed by atoms with E-state index in [1.807, 2.05) is 33.3 Å². The van der Waals surface area contributed by atoms with Gasteiger partial charge in [-0.3, -0.25) is 14.5 Å². The number of nitrogens with one attached hydrogen (secondary N) is 3. The molecule has 1 saturated heterocycles. The number of fused-ring (bicyclic) bond motifs is 1. The summed E-state index contributed by atoms with van der Waals surface area (Å²) in [6.45, 7) is 5.72. The molecule has 12 nitrogen and oxygen atoms in total. The van der Waals surface area contributed by atoms with Crippen LogP contribution in [0.25, 0.3) is 11.0 Å². The van der Waals surface area contributed by atoms with Gasteiger partial charge in [-0.25, -0.2) is 9.67 Å². The molecular formula is C26H33N11O. The summed E-state index contributed by atoms with van der Waals surface area (Å²) in [7, 11) is 3.68. The molecule has 0 radical (unpaired) electrons. The number of carbonyl (C=O) groups is 1. The minimum absolute atomic E-state index is 0.126. The number of carbonyl (C=O) groups excluding carboxylic acids is 1. The molecule has 4 aromatic heterocycles. The summed E-state index contributed by atoms with van der Waals surface area (Å²) in [6.07, 6.45) is 12.3. The minimum atomic E-state index is -0.126. The van der Waals surface area contributed by atoms with E-state index in [0.29, 0.717) is 40.6 Å². The standard InChI is InChI=1S/C26H33N11O/c1-17-21(11-18(12-28-17)24(38)27-8-10-37-9-7-26(16-37)5-4-6-26)32-22-20-14-29-25(33-23(20)36(3)34-22)31-19-13-30-35(2)15-19/h11-15H,4-10,16H2,1-3H3,(H,27,38)(H,32,34)(H,29,31,33). The van der Waals surface area contributed by atoms with Crippen LogP contribution in [0.2, 0.25) is 0 Å². The third-order valence-electron chi connectivity index (χ3n) is 7.79. The maximum atomic E-state index is 12.9. The molecule has 0 unspecified atom stereocenters. The number of hydrogen-bond acceptors (Lipinski definition) is 9. The van der Waals surface area contributed by atoms with E-state index in [2.05, 4.69) is 46.0 Å². The van der Waals surface area contributed by atoms with Gasteiger partial charge >= 0.3 is 0 Å². The SMILES string of the molecule is Cc1ncc(C(=O)NCCN2CCC3(CCC3)C2)cc1Nc1nn(C)c2nc(Nc3cnn(C)c3)ncc12. The Morgan fingerprint density at radius 2 is 1.97 bits per heavy atom. The molecule has 2 fully saturated rings. The fourth-order valence-electron chi connectivity index (χ4n) is 5.45. The van der Waals surface area contributed by atoms with E-state index in [4.69, 9.17) is 0 Å². The zero-order valence-electron chi connectivity index (χ0n) is 22.0. The van der Waals surface area contributed by atoms with Gasteiger partial charge in [-0.15, -0.1) is 0 Å². The van der Waals surface area contributed by atoms with E-state index in [9.17, 15) is 4.79 Å². The molecule has 1 spiro atoms. The van der Waals surface area contributed by atoms with Gasteiger partial charge in [-0.05, 0) is 44.2 Å². The Kier molecular flexibility index (Phi) is 6.18. The zero-order valence-corrected chi connectivity index (χ0v) is 22.0. The van der Waals surface area contributed by atoms with Crippen molar-refractivity contribution in [2.75, 3.05) is 36.8 Å². The van der Waals surface area contributed by atoms with Crippen molar-refractivity contribution in [2.45, 2.75) is 32.6 Å². The smallest absolute Gasteiger partial charge is 0.252 e. The number of likely N-dealkylation sites (tertiary alicyclic amines) is 1. The highest BCUT2D eigenvalue weighted by Crippen LogP contribution is 2.47. The number of pyridine rings is 1. The summed E-state index contributed by atoms with van der Waals surface area (Å²) in [4.78, 5) is 28.9. The van der Waals surface area contributed by atoms with Gasteiger partial charge in [0.2, 0.25) is 5.95 Å². The lowest BCUT2D eigenvalue weighted by Crippen LogP contribution is -2.37. The van der Waals surface area contributed by atoms with Crippen LogP contribution < -0.4 is 16.0 Å². The fraction of sp³-hybridized carbons (Fsp3) is 0.462. The average molecular weight is 516 g/mol. The number of aromatic nitrogens is 7. The highest BCUT2D eigenvalue weighted by molar-refractivity contribution is 5.96. The Morgan fingerprint density at radius 1 is 1.11 bits per heavy atom. The van der Waals surface area contributed by atoms with Gasteiger partial charge in [-0.2, -0.15) is 15.2 Å². The molecule has 1 aliphatic heterocycles. The molecule has 0 bridgehead atoms. The lowest BCUT2D eigenvalue weighted by molar-refractivity contribution is 0.0946. The number of hydrogen-bond donors (Lipinski definition) is 3. The van der Waals surface area contributed by atoms with Crippen LogP contribution in [0.5, 0.6) is 0 Å². The van der Waals surface area contributed by atoms with Gasteiger partial charge in [0.1, 0.15) is 0 Å². The van der Waals surface area contributed by atoms with Crippen molar-refractivity contribution < 1.29 is 4.79 Å². The Bertz CT molecular complexity index is 1490. The van der Waals surface area contributed by atoms with Crippen molar-refractivity contribution in [1.82, 2.24) is 44.7 Å². The molecule has 2 aliphatic rings. The van der Waals surface area contributed by atoms with E-state index in [1.165, 1.54) is 32.2 Å². The first kappa shape index (κ1) is 24.3. The predicted octanol–water partition coefficient (Wildman–Crippen LogP) is 2.89. The average Bonchev–Trinajstić information content (AvgIpc) is 3.58. The number of anilines is 4. The zero-order chi connectivity index (χ0) is 26.3. The lowest BCUT2D eigenvalue weighted by Gasteiger charge is -2.38. The quantitative estimate of drug-likeness (QED) is 0.324. The van der Waals surface area contributed by atoms with Crippen LogP contribution in [0.15, 0.2) is 30.9 Å². The maximum Gasteiger partial charge on any atom is 0.252 e. The first-order valence-corrected chi connectivity index (χ1v) is 13.1. The second kappa shape index (κ2) is 9.67. The topological polar surface area (TPSA) is 131 Å². The Hall–Kier alpha value is -4.06. The number of amides is 1. The molecule has 1 aliphatic carbocycles. The molecular weight excluding hydrogens is 482 g/mol. The Morgan fingerprint density at radius 3 is 2.71 bits per heavy atom. The number of aryl methyl sites for hydroxylation is 3. The second-order valence-electron chi connectivity index (χ2n) is 10.5. The van der Waals surface area contributed by atoms with Gasteiger partial charge in [-0.1, -0.05) is 6.42 Å². The summed E-state index contributed by atoms with van der Waals surface area (Å²) in [5, 5.41) is 19.0. The molecule has 4 aromatic rings. The molecule has 38 heavy (non-hydrogen) atoms. The van der Waals surface area contributed by atoms with Crippen molar-refractivity contribution in [3.05, 3.63) is 42.1 Å². The van der Waals surface area contributed by atoms with Gasteiger partial charge in [0.25, 0.3) is 5.91 Å². The van der Waals surface area contributed by atoms with Crippen molar-refractivity contribution in [2.24, 2.45) is 19.5 Å². The van der Waals surface area contributed by atoms with Crippen LogP contribution >= 0.6 is 0 Å². The molecule has 3 N–H and O–H groups in total. The molecule has 0 atom stereocenters. The fourth-order valence-corrected chi connectivity index (χ4v) is 5.45. The van der Waals surface area contributed by atoms with Crippen LogP contribution in [0.1, 0.15) is 41.7 Å². The number of nitrogens with zero attached hydrogens (tertiary/aromatic N) is 8. The number of rotatable bonds is 8. The van der Waals surface area contributed by atoms with Crippen LogP contribution in [-0.4, -0.2) is 71.5 Å². The molecule has 198 valence electrons. The molecule has 1 saturated carbocycles. The van der Waals surface area contributed by atoms with Crippen LogP contribution in [0.4, 0.5) is 23.1 Å². The molecule has 6 rings (SSSR count). The summed E-state index contributed by atoms with van der Waals surface area (Å²) < 4.78 is 3.40. The van der Waals surface area contributed by atoms with Gasteiger partial charge in [0.05, 0.1) is 34.2 Å². The maximum absolute atomic E-state index is 12.9. The van der Waals surface area contributed by atoms with E-state index in [-0.39, 0.29) is 5.91 Å². The van der Waals surface area contributed by atoms with E-state index >= 15 is 0 Å². The van der Waals surface area contributed by atoms with E-state index < -0.39 is 0 Å². The molecule has 5 heterocycles. The van der Waals surface area contributed by atoms with E-state index in [0.717, 1.165) is 29.9 Å². The monoisotopic (exact) mass is 515 g/mol. The first-order valence-electron chi connectivity index (χ1n) is 13.1. The van der Waals surface area contributed by atoms with Gasteiger partial charge < -0.3 is 20.9 Å². The first-order chi connectivity index (χ1) is 18.4. The highest BCUT2D eigenvalue weighted by Gasteiger charge is 2.42. The predicted molar refractivity (Wildman–Crippen MR) is 145 cm³/mol. The minimum Gasteiger partial charge on any atom is -0.351 e. The van der Waals surface area contributed by atoms with E-state index in [1.54, 1.807) is 28.0 Å². The molecule has 12 heteroatoms. The van der Waals surface area contributed by atoms with Gasteiger partial charge in [0.15, 0.2) is 11.5 Å². The molecule has 0 aromatic carbocycles. The van der Waals surface area contributed by atoms with Crippen LogP contribution in [0, 0.1) is 12.3 Å². The highest BCUT2D eigenvalue weighted by atomic mass is 16.1. The van der Waals surface area contributed by atoms with Crippen molar-refractivity contribution in [3.8, 4) is 0 Å². The van der Waals surface area contributed by atoms with Crippen molar-refractivity contribution in [1.29, 1.82) is 0 Å². The lowest BCUT2D eigenvalue weighted by atomic mass is 9.68. The Labute approximate surface area is 220 Å². The van der Waals surface area contributed by atoms with Gasteiger partial charge in [0, 0.05) is 52.3 Å². The van der Waals surface area contributed by atoms with Crippen LogP contribution in [-0.2, 0) is 14.1 Å². The Balaban J connectivity index is 1.12. The van der Waals surface area contributed by atoms with Crippen molar-refractivity contribution >= 4 is 40.1 Å². The van der Waals surface area contributed by atoms with Crippen LogP contribution in [0.3, 0.4) is 0 Å². The summed E-state index contributed by atoms with van der Waals surface area (Å²) in [6, 6.07) is 1.82. The second-order valence-corrected chi connectivity index (χ2v) is 10.5. The van der Waals surface area contributed by atoms with Crippen molar-refractivity contribution in [3.63, 3.8) is 0 Å². The third-order valence-corrected chi connectivity index (χ3v) is 7.79.